The van der Waals surface area contributed by atoms with Crippen LogP contribution in [0.5, 0.6) is 0 Å². The number of carbonyl (C=O) groups excluding carboxylic acids is 1. The van der Waals surface area contributed by atoms with Gasteiger partial charge in [-0.25, -0.2) is 19.3 Å². The van der Waals surface area contributed by atoms with Crippen LogP contribution in [0.15, 0.2) is 79.6 Å². The van der Waals surface area contributed by atoms with Gasteiger partial charge in [-0.15, -0.1) is 0 Å². The van der Waals surface area contributed by atoms with Gasteiger partial charge in [-0.1, -0.05) is 12.1 Å². The van der Waals surface area contributed by atoms with Crippen molar-refractivity contribution in [1.82, 2.24) is 29.6 Å². The first-order valence-corrected chi connectivity index (χ1v) is 10.7. The first-order chi connectivity index (χ1) is 16.6. The van der Waals surface area contributed by atoms with E-state index in [1.807, 2.05) is 25.3 Å². The van der Waals surface area contributed by atoms with Crippen molar-refractivity contribution >= 4 is 5.91 Å². The molecule has 0 saturated heterocycles. The number of rotatable bonds is 5. The van der Waals surface area contributed by atoms with Gasteiger partial charge in [0, 0.05) is 36.4 Å². The van der Waals surface area contributed by atoms with Crippen molar-refractivity contribution in [2.45, 2.75) is 19.7 Å². The van der Waals surface area contributed by atoms with Crippen molar-refractivity contribution in [2.24, 2.45) is 0 Å². The van der Waals surface area contributed by atoms with E-state index in [-0.39, 0.29) is 17.4 Å². The maximum absolute atomic E-state index is 13.6. The van der Waals surface area contributed by atoms with E-state index >= 15 is 0 Å². The molecule has 8 nitrogen and oxygen atoms in total. The monoisotopic (exact) mass is 456 g/mol. The molecule has 9 heteroatoms. The Morgan fingerprint density at radius 2 is 1.91 bits per heavy atom. The molecule has 34 heavy (non-hydrogen) atoms. The molecule has 1 aliphatic heterocycles. The second kappa shape index (κ2) is 9.22. The minimum atomic E-state index is -0.592. The van der Waals surface area contributed by atoms with Gasteiger partial charge in [-0.05, 0) is 48.9 Å². The molecule has 3 aromatic heterocycles. The van der Waals surface area contributed by atoms with Gasteiger partial charge < -0.3 is 4.74 Å². The predicted molar refractivity (Wildman–Crippen MR) is 123 cm³/mol. The fourth-order valence-electron chi connectivity index (χ4n) is 3.74. The van der Waals surface area contributed by atoms with Gasteiger partial charge in [-0.3, -0.25) is 14.4 Å². The summed E-state index contributed by atoms with van der Waals surface area (Å²) in [6.45, 7) is 2.50. The van der Waals surface area contributed by atoms with Crippen LogP contribution in [0.2, 0.25) is 0 Å². The Kier molecular flexibility index (Phi) is 5.82. The lowest BCUT2D eigenvalue weighted by Crippen LogP contribution is -2.46. The van der Waals surface area contributed by atoms with Crippen LogP contribution in [0, 0.1) is 12.7 Å². The van der Waals surface area contributed by atoms with Crippen molar-refractivity contribution in [1.29, 1.82) is 0 Å². The molecule has 0 spiro atoms. The van der Waals surface area contributed by atoms with E-state index in [1.54, 1.807) is 58.7 Å². The van der Waals surface area contributed by atoms with E-state index in [9.17, 15) is 9.18 Å². The van der Waals surface area contributed by atoms with Crippen molar-refractivity contribution < 1.29 is 13.9 Å². The number of carbonyl (C=O) groups is 1. The maximum Gasteiger partial charge on any atom is 0.276 e. The minimum absolute atomic E-state index is 0.266. The minimum Gasteiger partial charge on any atom is -0.476 e. The van der Waals surface area contributed by atoms with Gasteiger partial charge in [0.05, 0.1) is 24.6 Å². The number of amides is 1. The van der Waals surface area contributed by atoms with Crippen molar-refractivity contribution in [3.8, 4) is 22.5 Å². The smallest absolute Gasteiger partial charge is 0.276 e. The summed E-state index contributed by atoms with van der Waals surface area (Å²) < 4.78 is 20.7. The fraction of sp³-hybridized carbons (Fsp3) is 0.160. The van der Waals surface area contributed by atoms with E-state index in [0.29, 0.717) is 30.2 Å². The second-order valence-electron chi connectivity index (χ2n) is 7.80. The second-order valence-corrected chi connectivity index (χ2v) is 7.80. The molecule has 4 aromatic rings. The predicted octanol–water partition coefficient (Wildman–Crippen LogP) is 3.86. The van der Waals surface area contributed by atoms with E-state index in [4.69, 9.17) is 4.74 Å². The Morgan fingerprint density at radius 1 is 1.12 bits per heavy atom. The summed E-state index contributed by atoms with van der Waals surface area (Å²) in [5.74, 6) is -0.150. The molecule has 1 amide bonds. The van der Waals surface area contributed by atoms with E-state index in [1.165, 1.54) is 12.1 Å². The molecule has 1 atom stereocenters. The molecule has 4 heterocycles. The lowest BCUT2D eigenvalue weighted by Gasteiger charge is -2.32. The molecule has 0 saturated carbocycles. The first kappa shape index (κ1) is 21.4. The van der Waals surface area contributed by atoms with Crippen LogP contribution in [0.4, 0.5) is 4.39 Å². The van der Waals surface area contributed by atoms with Crippen LogP contribution < -0.4 is 0 Å². The third kappa shape index (κ3) is 4.40. The van der Waals surface area contributed by atoms with Gasteiger partial charge in [0.2, 0.25) is 0 Å². The molecule has 0 N–H and O–H groups in total. The molecular weight excluding hydrogens is 435 g/mol. The molecule has 0 fully saturated rings. The topological polar surface area (TPSA) is 86.0 Å². The summed E-state index contributed by atoms with van der Waals surface area (Å²) in [7, 11) is 0. The highest BCUT2D eigenvalue weighted by Gasteiger charge is 2.30. The van der Waals surface area contributed by atoms with Crippen molar-refractivity contribution in [3.63, 3.8) is 0 Å². The number of pyridine rings is 1. The molecule has 1 aromatic carbocycles. The van der Waals surface area contributed by atoms with Crippen LogP contribution in [0.3, 0.4) is 0 Å². The molecule has 5 rings (SSSR count). The van der Waals surface area contributed by atoms with Crippen LogP contribution in [0.1, 0.15) is 16.2 Å². The maximum atomic E-state index is 13.6. The van der Waals surface area contributed by atoms with Gasteiger partial charge in [0.25, 0.3) is 5.91 Å². The Hall–Kier alpha value is -4.40. The van der Waals surface area contributed by atoms with E-state index in [2.05, 4.69) is 20.1 Å². The molecule has 170 valence electrons. The normalized spacial score (nSPS) is 15.2. The quantitative estimate of drug-likeness (QED) is 0.453. The summed E-state index contributed by atoms with van der Waals surface area (Å²) in [6, 6.07) is 11.6. The van der Waals surface area contributed by atoms with Crippen molar-refractivity contribution in [3.05, 3.63) is 96.8 Å². The Balaban J connectivity index is 1.41. The summed E-state index contributed by atoms with van der Waals surface area (Å²) in [4.78, 5) is 28.3. The molecule has 1 unspecified atom stereocenters. The zero-order valence-corrected chi connectivity index (χ0v) is 18.4. The first-order valence-electron chi connectivity index (χ1n) is 10.7. The highest BCUT2D eigenvalue weighted by Crippen LogP contribution is 2.24. The number of halogens is 1. The zero-order chi connectivity index (χ0) is 23.5. The number of aryl methyl sites for hydroxylation is 1. The van der Waals surface area contributed by atoms with Crippen LogP contribution in [0.25, 0.3) is 22.5 Å². The zero-order valence-electron chi connectivity index (χ0n) is 18.4. The number of ether oxygens (including phenoxy) is 1. The van der Waals surface area contributed by atoms with Gasteiger partial charge >= 0.3 is 0 Å². The molecule has 0 bridgehead atoms. The van der Waals surface area contributed by atoms with E-state index in [0.717, 1.165) is 11.1 Å². The number of hydrogen-bond donors (Lipinski definition) is 0. The van der Waals surface area contributed by atoms with E-state index < -0.39 is 6.23 Å². The van der Waals surface area contributed by atoms with Gasteiger partial charge in [-0.2, -0.15) is 5.10 Å². The number of hydrogen-bond acceptors (Lipinski definition) is 6. The Morgan fingerprint density at radius 3 is 2.71 bits per heavy atom. The molecule has 0 aliphatic carbocycles. The van der Waals surface area contributed by atoms with Crippen LogP contribution in [-0.4, -0.2) is 48.3 Å². The van der Waals surface area contributed by atoms with Gasteiger partial charge in [0.15, 0.2) is 12.1 Å². The average molecular weight is 456 g/mol. The fourth-order valence-corrected chi connectivity index (χ4v) is 3.74. The highest BCUT2D eigenvalue weighted by molar-refractivity contribution is 5.98. The summed E-state index contributed by atoms with van der Waals surface area (Å²) in [5, 5.41) is 4.40. The third-order valence-electron chi connectivity index (χ3n) is 5.44. The summed E-state index contributed by atoms with van der Waals surface area (Å²) >= 11 is 0. The molecule has 0 radical (unpaired) electrons. The Bertz CT molecular complexity index is 1340. The SMILES string of the molecule is Cc1ccc(-c2ncccn2)c(C(=O)N2CC=COC2Cn2cc(-c3ccc(F)cc3)cn2)n1. The lowest BCUT2D eigenvalue weighted by atomic mass is 10.1. The van der Waals surface area contributed by atoms with Gasteiger partial charge in [0.1, 0.15) is 11.5 Å². The van der Waals surface area contributed by atoms with Crippen LogP contribution >= 0.6 is 0 Å². The molecule has 1 aliphatic rings. The van der Waals surface area contributed by atoms with Crippen molar-refractivity contribution in [2.75, 3.05) is 6.54 Å². The number of aromatic nitrogens is 5. The summed E-state index contributed by atoms with van der Waals surface area (Å²) in [6.07, 6.45) is 9.56. The Labute approximate surface area is 195 Å². The third-order valence-corrected chi connectivity index (χ3v) is 5.44. The number of benzene rings is 1. The standard InChI is InChI=1S/C25H21FN6O2/c1-17-4-9-21(24-27-10-2-11-28-24)23(30-17)25(33)32-12-3-13-34-22(32)16-31-15-19(14-29-31)18-5-7-20(26)8-6-18/h2-11,13-15,22H,12,16H2,1H3. The highest BCUT2D eigenvalue weighted by atomic mass is 19.1. The molecular formula is C25H21FN6O2. The largest absolute Gasteiger partial charge is 0.476 e. The lowest BCUT2D eigenvalue weighted by molar-refractivity contribution is -0.0177. The average Bonchev–Trinajstić information content (AvgIpc) is 3.33. The number of nitrogens with zero attached hydrogens (tertiary/aromatic N) is 6. The van der Waals surface area contributed by atoms with Crippen LogP contribution in [-0.2, 0) is 11.3 Å². The summed E-state index contributed by atoms with van der Waals surface area (Å²) in [5.41, 5.74) is 3.23.